The highest BCUT2D eigenvalue weighted by Gasteiger charge is 2.18. The van der Waals surface area contributed by atoms with Crippen molar-refractivity contribution in [3.8, 4) is 11.5 Å². The molecule has 0 fully saturated rings. The molecule has 0 radical (unpaired) electrons. The molecule has 7 heteroatoms. The van der Waals surface area contributed by atoms with E-state index in [1.807, 2.05) is 0 Å². The summed E-state index contributed by atoms with van der Waals surface area (Å²) in [5.41, 5.74) is 0.555. The van der Waals surface area contributed by atoms with Crippen molar-refractivity contribution in [1.29, 1.82) is 0 Å². The van der Waals surface area contributed by atoms with E-state index in [0.29, 0.717) is 17.2 Å². The number of hydrogen-bond donors (Lipinski definition) is 1. The Kier molecular flexibility index (Phi) is 6.82. The molecular weight excluding hydrogens is 390 g/mol. The van der Waals surface area contributed by atoms with Crippen molar-refractivity contribution >= 4 is 33.5 Å². The first-order valence-electron chi connectivity index (χ1n) is 7.50. The lowest BCUT2D eigenvalue weighted by atomic mass is 10.3. The second-order valence-corrected chi connectivity index (χ2v) is 6.02. The molecule has 1 N–H and O–H groups in total. The van der Waals surface area contributed by atoms with Crippen LogP contribution in [0.5, 0.6) is 11.5 Å². The van der Waals surface area contributed by atoms with Crippen molar-refractivity contribution in [3.63, 3.8) is 0 Å². The molecule has 0 aliphatic rings. The van der Waals surface area contributed by atoms with Gasteiger partial charge in [0.25, 0.3) is 5.91 Å². The van der Waals surface area contributed by atoms with E-state index in [1.165, 1.54) is 7.11 Å². The van der Waals surface area contributed by atoms with Gasteiger partial charge in [-0.1, -0.05) is 22.0 Å². The Morgan fingerprint density at radius 2 is 1.84 bits per heavy atom. The van der Waals surface area contributed by atoms with Gasteiger partial charge in [0, 0.05) is 16.2 Å². The van der Waals surface area contributed by atoms with Crippen LogP contribution >= 0.6 is 15.9 Å². The molecule has 0 saturated carbocycles. The molecule has 0 saturated heterocycles. The molecule has 2 rings (SSSR count). The van der Waals surface area contributed by atoms with Gasteiger partial charge in [-0.2, -0.15) is 0 Å². The summed E-state index contributed by atoms with van der Waals surface area (Å²) in [6, 6.07) is 13.9. The van der Waals surface area contributed by atoms with Crippen molar-refractivity contribution in [1.82, 2.24) is 0 Å². The van der Waals surface area contributed by atoms with Gasteiger partial charge in [0.15, 0.2) is 12.7 Å². The van der Waals surface area contributed by atoms with Crippen molar-refractivity contribution in [2.75, 3.05) is 19.0 Å². The van der Waals surface area contributed by atoms with Crippen LogP contribution in [0.1, 0.15) is 6.92 Å². The molecule has 0 spiro atoms. The number of esters is 1. The third kappa shape index (κ3) is 6.11. The highest BCUT2D eigenvalue weighted by molar-refractivity contribution is 9.10. The van der Waals surface area contributed by atoms with Gasteiger partial charge in [-0.25, -0.2) is 4.79 Å². The second kappa shape index (κ2) is 9.08. The van der Waals surface area contributed by atoms with Crippen molar-refractivity contribution < 1.29 is 23.8 Å². The van der Waals surface area contributed by atoms with E-state index in [1.54, 1.807) is 55.5 Å². The molecule has 132 valence electrons. The Morgan fingerprint density at radius 1 is 1.12 bits per heavy atom. The van der Waals surface area contributed by atoms with Gasteiger partial charge < -0.3 is 19.5 Å². The van der Waals surface area contributed by atoms with Crippen LogP contribution in [0, 0.1) is 0 Å². The largest absolute Gasteiger partial charge is 0.497 e. The minimum Gasteiger partial charge on any atom is -0.497 e. The van der Waals surface area contributed by atoms with E-state index in [0.717, 1.165) is 4.47 Å². The van der Waals surface area contributed by atoms with Crippen LogP contribution in [0.15, 0.2) is 53.0 Å². The van der Waals surface area contributed by atoms with Crippen molar-refractivity contribution in [2.24, 2.45) is 0 Å². The number of nitrogens with one attached hydrogen (secondary N) is 1. The summed E-state index contributed by atoms with van der Waals surface area (Å²) in [6.07, 6.45) is -0.828. The number of methoxy groups -OCH3 is 1. The average Bonchev–Trinajstić information content (AvgIpc) is 2.61. The smallest absolute Gasteiger partial charge is 0.347 e. The molecule has 0 bridgehead atoms. The number of amides is 1. The van der Waals surface area contributed by atoms with E-state index < -0.39 is 24.6 Å². The number of ether oxygens (including phenoxy) is 3. The minimum absolute atomic E-state index is 0.399. The molecule has 0 heterocycles. The van der Waals surface area contributed by atoms with Crippen LogP contribution in [0.3, 0.4) is 0 Å². The highest BCUT2D eigenvalue weighted by Crippen LogP contribution is 2.18. The molecule has 0 unspecified atom stereocenters. The van der Waals surface area contributed by atoms with Crippen molar-refractivity contribution in [2.45, 2.75) is 13.0 Å². The SMILES string of the molecule is COc1cccc(NC(=O)COC(=O)[C@H](C)Oc2ccc(Br)cc2)c1. The lowest BCUT2D eigenvalue weighted by molar-refractivity contribution is -0.153. The normalized spacial score (nSPS) is 11.3. The van der Waals surface area contributed by atoms with Crippen LogP contribution in [0.2, 0.25) is 0 Å². The maximum Gasteiger partial charge on any atom is 0.347 e. The van der Waals surface area contributed by atoms with Gasteiger partial charge in [0.2, 0.25) is 0 Å². The summed E-state index contributed by atoms with van der Waals surface area (Å²) in [7, 11) is 1.54. The first-order chi connectivity index (χ1) is 12.0. The highest BCUT2D eigenvalue weighted by atomic mass is 79.9. The van der Waals surface area contributed by atoms with Crippen LogP contribution in [-0.2, 0) is 14.3 Å². The molecule has 1 amide bonds. The van der Waals surface area contributed by atoms with Gasteiger partial charge in [-0.15, -0.1) is 0 Å². The van der Waals surface area contributed by atoms with E-state index in [9.17, 15) is 9.59 Å². The lowest BCUT2D eigenvalue weighted by Gasteiger charge is -2.14. The molecule has 1 atom stereocenters. The third-order valence-corrected chi connectivity index (χ3v) is 3.69. The monoisotopic (exact) mass is 407 g/mol. The lowest BCUT2D eigenvalue weighted by Crippen LogP contribution is -2.29. The first kappa shape index (κ1) is 18.8. The fourth-order valence-electron chi connectivity index (χ4n) is 1.92. The number of anilines is 1. The maximum atomic E-state index is 11.9. The Balaban J connectivity index is 1.79. The Bertz CT molecular complexity index is 733. The zero-order valence-electron chi connectivity index (χ0n) is 13.8. The Labute approximate surface area is 154 Å². The Morgan fingerprint density at radius 3 is 2.52 bits per heavy atom. The standard InChI is InChI=1S/C18H18BrNO5/c1-12(25-15-8-6-13(19)7-9-15)18(22)24-11-17(21)20-14-4-3-5-16(10-14)23-2/h3-10,12H,11H2,1-2H3,(H,20,21)/t12-/m0/s1. The molecule has 2 aromatic carbocycles. The van der Waals surface area contributed by atoms with Crippen molar-refractivity contribution in [3.05, 3.63) is 53.0 Å². The van der Waals surface area contributed by atoms with Crippen LogP contribution in [0.25, 0.3) is 0 Å². The molecule has 0 aromatic heterocycles. The van der Waals surface area contributed by atoms with Crippen LogP contribution in [0.4, 0.5) is 5.69 Å². The summed E-state index contributed by atoms with van der Waals surface area (Å²) < 4.78 is 16.4. The van der Waals surface area contributed by atoms with Crippen LogP contribution in [-0.4, -0.2) is 31.7 Å². The Hall–Kier alpha value is -2.54. The van der Waals surface area contributed by atoms with E-state index in [4.69, 9.17) is 14.2 Å². The molecular formula is C18H18BrNO5. The summed E-state index contributed by atoms with van der Waals surface area (Å²) in [5, 5.41) is 2.62. The number of halogens is 1. The topological polar surface area (TPSA) is 73.9 Å². The molecule has 6 nitrogen and oxygen atoms in total. The molecule has 0 aliphatic heterocycles. The third-order valence-electron chi connectivity index (χ3n) is 3.16. The molecule has 2 aromatic rings. The molecule has 0 aliphatic carbocycles. The first-order valence-corrected chi connectivity index (χ1v) is 8.30. The van der Waals surface area contributed by atoms with Gasteiger partial charge in [-0.3, -0.25) is 4.79 Å². The van der Waals surface area contributed by atoms with Gasteiger partial charge in [0.1, 0.15) is 11.5 Å². The zero-order chi connectivity index (χ0) is 18.2. The average molecular weight is 408 g/mol. The number of carbonyl (C=O) groups is 2. The van der Waals surface area contributed by atoms with Crippen LogP contribution < -0.4 is 14.8 Å². The predicted molar refractivity (Wildman–Crippen MR) is 96.8 cm³/mol. The van der Waals surface area contributed by atoms with Gasteiger partial charge in [-0.05, 0) is 43.3 Å². The summed E-state index contributed by atoms with van der Waals surface area (Å²) in [4.78, 5) is 23.8. The number of carbonyl (C=O) groups excluding carboxylic acids is 2. The minimum atomic E-state index is -0.828. The van der Waals surface area contributed by atoms with E-state index in [-0.39, 0.29) is 0 Å². The number of rotatable bonds is 7. The van der Waals surface area contributed by atoms with E-state index in [2.05, 4.69) is 21.2 Å². The number of hydrogen-bond acceptors (Lipinski definition) is 5. The maximum absolute atomic E-state index is 11.9. The fourth-order valence-corrected chi connectivity index (χ4v) is 2.18. The molecule has 25 heavy (non-hydrogen) atoms. The summed E-state index contributed by atoms with van der Waals surface area (Å²) in [5.74, 6) is 0.0842. The fraction of sp³-hybridized carbons (Fsp3) is 0.222. The van der Waals surface area contributed by atoms with Gasteiger partial charge in [0.05, 0.1) is 7.11 Å². The second-order valence-electron chi connectivity index (χ2n) is 5.10. The summed E-state index contributed by atoms with van der Waals surface area (Å²) in [6.45, 7) is 1.16. The number of benzene rings is 2. The summed E-state index contributed by atoms with van der Waals surface area (Å²) >= 11 is 3.32. The predicted octanol–water partition coefficient (Wildman–Crippen LogP) is 3.41. The van der Waals surface area contributed by atoms with E-state index >= 15 is 0 Å². The quantitative estimate of drug-likeness (QED) is 0.711. The zero-order valence-corrected chi connectivity index (χ0v) is 15.4. The van der Waals surface area contributed by atoms with Gasteiger partial charge >= 0.3 is 5.97 Å².